The number of aromatic hydroxyl groups is 1. The molecule has 0 saturated heterocycles. The number of carbonyl (C=O) groups is 2. The molecule has 0 aliphatic heterocycles. The molecule has 8 nitrogen and oxygen atoms in total. The summed E-state index contributed by atoms with van der Waals surface area (Å²) in [4.78, 5) is 28.1. The van der Waals surface area contributed by atoms with Crippen LogP contribution in [0.1, 0.15) is 10.4 Å². The maximum atomic E-state index is 12.1. The Hall–Kier alpha value is -2.62. The maximum Gasteiger partial charge on any atom is 0.251 e. The van der Waals surface area contributed by atoms with Crippen molar-refractivity contribution < 1.29 is 14.7 Å². The highest BCUT2D eigenvalue weighted by atomic mass is 79.9. The standard InChI is InChI=1S/C16H15BrClN5O3/c17-10-5-12(18)15(25)13(6-10)23-14(24)7-20-16(26)9-2-1-3-11(4-9)21-8-22-19/h1-6,8,25H,7,19H2,(H,20,26)(H,21,22)(H,23,24). The Balaban J connectivity index is 1.97. The number of anilines is 1. The molecule has 0 saturated carbocycles. The number of aliphatic imine (C=N–C) groups is 1. The quantitative estimate of drug-likeness (QED) is 0.155. The van der Waals surface area contributed by atoms with E-state index in [1.54, 1.807) is 24.3 Å². The largest absolute Gasteiger partial charge is 0.504 e. The first-order valence-corrected chi connectivity index (χ1v) is 8.42. The average Bonchev–Trinajstić information content (AvgIpc) is 2.62. The molecule has 6 N–H and O–H groups in total. The normalized spacial score (nSPS) is 10.6. The molecule has 0 bridgehead atoms. The third-order valence-corrected chi connectivity index (χ3v) is 3.85. The van der Waals surface area contributed by atoms with Gasteiger partial charge in [-0.15, -0.1) is 0 Å². The lowest BCUT2D eigenvalue weighted by Gasteiger charge is -2.10. The minimum atomic E-state index is -0.524. The summed E-state index contributed by atoms with van der Waals surface area (Å²) in [5.74, 6) is 3.87. The number of phenolic OH excluding ortho intramolecular Hbond substituents is 1. The number of phenols is 1. The monoisotopic (exact) mass is 439 g/mol. The SMILES string of the molecule is NNC=Nc1cccc(C(=O)NCC(=O)Nc2cc(Br)cc(Cl)c2O)c1. The number of hydrazine groups is 1. The molecule has 136 valence electrons. The number of hydrogen-bond acceptors (Lipinski definition) is 5. The van der Waals surface area contributed by atoms with Crippen LogP contribution in [0.15, 0.2) is 45.9 Å². The van der Waals surface area contributed by atoms with Gasteiger partial charge in [0.15, 0.2) is 5.75 Å². The number of halogens is 2. The second kappa shape index (κ2) is 9.18. The first-order chi connectivity index (χ1) is 12.4. The van der Waals surface area contributed by atoms with Crippen LogP contribution < -0.4 is 21.9 Å². The van der Waals surface area contributed by atoms with E-state index in [-0.39, 0.29) is 23.0 Å². The van der Waals surface area contributed by atoms with Gasteiger partial charge in [0.2, 0.25) is 5.91 Å². The van der Waals surface area contributed by atoms with Crippen LogP contribution >= 0.6 is 27.5 Å². The van der Waals surface area contributed by atoms with Crippen LogP contribution in [-0.4, -0.2) is 29.8 Å². The molecule has 0 aromatic heterocycles. The predicted molar refractivity (Wildman–Crippen MR) is 104 cm³/mol. The van der Waals surface area contributed by atoms with E-state index in [2.05, 4.69) is 37.0 Å². The molecule has 0 spiro atoms. The fraction of sp³-hybridized carbons (Fsp3) is 0.0625. The van der Waals surface area contributed by atoms with Crippen molar-refractivity contribution in [3.63, 3.8) is 0 Å². The highest BCUT2D eigenvalue weighted by Gasteiger charge is 2.12. The molecule has 10 heteroatoms. The van der Waals surface area contributed by atoms with Gasteiger partial charge in [-0.05, 0) is 30.3 Å². The van der Waals surface area contributed by atoms with Crippen molar-refractivity contribution in [3.05, 3.63) is 51.5 Å². The average molecular weight is 441 g/mol. The Morgan fingerprint density at radius 2 is 2.08 bits per heavy atom. The van der Waals surface area contributed by atoms with Gasteiger partial charge in [0, 0.05) is 10.0 Å². The molecule has 2 amide bonds. The molecule has 0 atom stereocenters. The Morgan fingerprint density at radius 1 is 1.31 bits per heavy atom. The second-order valence-electron chi connectivity index (χ2n) is 4.99. The van der Waals surface area contributed by atoms with Crippen LogP contribution in [0.3, 0.4) is 0 Å². The summed E-state index contributed by atoms with van der Waals surface area (Å²) in [5, 5.41) is 14.9. The van der Waals surface area contributed by atoms with Crippen LogP contribution in [0, 0.1) is 0 Å². The topological polar surface area (TPSA) is 129 Å². The Kier molecular flexibility index (Phi) is 6.96. The van der Waals surface area contributed by atoms with E-state index in [0.29, 0.717) is 15.7 Å². The van der Waals surface area contributed by atoms with Gasteiger partial charge in [-0.3, -0.25) is 9.59 Å². The predicted octanol–water partition coefficient (Wildman–Crippen LogP) is 2.30. The Bertz CT molecular complexity index is 860. The van der Waals surface area contributed by atoms with E-state index < -0.39 is 11.8 Å². The molecule has 2 rings (SSSR count). The summed E-state index contributed by atoms with van der Waals surface area (Å²) in [6.45, 7) is -0.291. The molecule has 0 radical (unpaired) electrons. The van der Waals surface area contributed by atoms with E-state index in [9.17, 15) is 14.7 Å². The summed E-state index contributed by atoms with van der Waals surface area (Å²) >= 11 is 9.05. The second-order valence-corrected chi connectivity index (χ2v) is 6.31. The van der Waals surface area contributed by atoms with E-state index in [1.165, 1.54) is 18.5 Å². The van der Waals surface area contributed by atoms with E-state index in [1.807, 2.05) is 0 Å². The van der Waals surface area contributed by atoms with Crippen molar-refractivity contribution in [2.24, 2.45) is 10.8 Å². The summed E-state index contributed by atoms with van der Waals surface area (Å²) in [6, 6.07) is 9.46. The molecule has 0 aliphatic rings. The third-order valence-electron chi connectivity index (χ3n) is 3.11. The lowest BCUT2D eigenvalue weighted by atomic mass is 10.2. The van der Waals surface area contributed by atoms with Gasteiger partial charge in [-0.2, -0.15) is 0 Å². The van der Waals surface area contributed by atoms with Crippen molar-refractivity contribution in [2.75, 3.05) is 11.9 Å². The fourth-order valence-corrected chi connectivity index (χ4v) is 2.77. The number of nitrogens with zero attached hydrogens (tertiary/aromatic N) is 1. The molecule has 0 aliphatic carbocycles. The van der Waals surface area contributed by atoms with Gasteiger partial charge in [-0.1, -0.05) is 33.6 Å². The van der Waals surface area contributed by atoms with Gasteiger partial charge >= 0.3 is 0 Å². The summed E-state index contributed by atoms with van der Waals surface area (Å²) in [7, 11) is 0. The number of benzene rings is 2. The van der Waals surface area contributed by atoms with Crippen LogP contribution in [0.2, 0.25) is 5.02 Å². The van der Waals surface area contributed by atoms with Gasteiger partial charge < -0.3 is 21.2 Å². The van der Waals surface area contributed by atoms with Crippen molar-refractivity contribution >= 4 is 57.1 Å². The van der Waals surface area contributed by atoms with Crippen LogP contribution in [0.4, 0.5) is 11.4 Å². The molecule has 0 heterocycles. The van der Waals surface area contributed by atoms with Crippen molar-refractivity contribution in [2.45, 2.75) is 0 Å². The smallest absolute Gasteiger partial charge is 0.251 e. The van der Waals surface area contributed by atoms with Crippen LogP contribution in [-0.2, 0) is 4.79 Å². The van der Waals surface area contributed by atoms with Gasteiger partial charge in [-0.25, -0.2) is 10.8 Å². The third kappa shape index (κ3) is 5.45. The number of amides is 2. The maximum absolute atomic E-state index is 12.1. The first kappa shape index (κ1) is 19.7. The van der Waals surface area contributed by atoms with Crippen LogP contribution in [0.5, 0.6) is 5.75 Å². The fourth-order valence-electron chi connectivity index (χ4n) is 1.96. The van der Waals surface area contributed by atoms with Gasteiger partial charge in [0.25, 0.3) is 5.91 Å². The molecule has 0 fully saturated rings. The summed E-state index contributed by atoms with van der Waals surface area (Å²) in [5.41, 5.74) is 3.25. The molecule has 2 aromatic carbocycles. The molecule has 0 unspecified atom stereocenters. The minimum Gasteiger partial charge on any atom is -0.504 e. The number of hydrogen-bond donors (Lipinski definition) is 5. The van der Waals surface area contributed by atoms with Crippen molar-refractivity contribution in [1.29, 1.82) is 0 Å². The van der Waals surface area contributed by atoms with Crippen molar-refractivity contribution in [1.82, 2.24) is 10.7 Å². The zero-order chi connectivity index (χ0) is 19.1. The summed E-state index contributed by atoms with van der Waals surface area (Å²) < 4.78 is 0.587. The minimum absolute atomic E-state index is 0.0862. The number of nitrogens with two attached hydrogens (primary N) is 1. The number of carbonyl (C=O) groups excluding carboxylic acids is 2. The lowest BCUT2D eigenvalue weighted by molar-refractivity contribution is -0.115. The highest BCUT2D eigenvalue weighted by molar-refractivity contribution is 9.10. The van der Waals surface area contributed by atoms with Gasteiger partial charge in [0.05, 0.1) is 22.9 Å². The zero-order valence-electron chi connectivity index (χ0n) is 13.3. The molecular weight excluding hydrogens is 426 g/mol. The zero-order valence-corrected chi connectivity index (χ0v) is 15.6. The number of rotatable bonds is 6. The summed E-state index contributed by atoms with van der Waals surface area (Å²) in [6.07, 6.45) is 1.28. The Morgan fingerprint density at radius 3 is 2.81 bits per heavy atom. The molecule has 26 heavy (non-hydrogen) atoms. The molecule has 2 aromatic rings. The number of nitrogens with one attached hydrogen (secondary N) is 3. The van der Waals surface area contributed by atoms with E-state index in [4.69, 9.17) is 17.4 Å². The first-order valence-electron chi connectivity index (χ1n) is 7.25. The van der Waals surface area contributed by atoms with E-state index >= 15 is 0 Å². The van der Waals surface area contributed by atoms with Gasteiger partial charge in [0.1, 0.15) is 6.34 Å². The molecular formula is C16H15BrClN5O3. The van der Waals surface area contributed by atoms with Crippen molar-refractivity contribution in [3.8, 4) is 5.75 Å². The Labute approximate surface area is 162 Å². The lowest BCUT2D eigenvalue weighted by Crippen LogP contribution is -2.32. The van der Waals surface area contributed by atoms with E-state index in [0.717, 1.165) is 0 Å². The van der Waals surface area contributed by atoms with Crippen LogP contribution in [0.25, 0.3) is 0 Å². The highest BCUT2D eigenvalue weighted by Crippen LogP contribution is 2.35.